The summed E-state index contributed by atoms with van der Waals surface area (Å²) < 4.78 is 5.92. The van der Waals surface area contributed by atoms with Gasteiger partial charge in [-0.25, -0.2) is 0 Å². The lowest BCUT2D eigenvalue weighted by molar-refractivity contribution is 0.112. The number of hydrogen-bond acceptors (Lipinski definition) is 3. The molecule has 3 rings (SSSR count). The third-order valence-electron chi connectivity index (χ3n) is 3.32. The van der Waals surface area contributed by atoms with Gasteiger partial charge in [-0.3, -0.25) is 4.79 Å². The van der Waals surface area contributed by atoms with E-state index in [1.165, 1.54) is 6.07 Å². The van der Waals surface area contributed by atoms with Gasteiger partial charge in [-0.1, -0.05) is 42.5 Å². The molecule has 0 amide bonds. The van der Waals surface area contributed by atoms with E-state index in [4.69, 9.17) is 4.74 Å². The van der Waals surface area contributed by atoms with Crippen molar-refractivity contribution in [1.82, 2.24) is 0 Å². The number of aldehydes is 1. The maximum atomic E-state index is 11.0. The Hall–Kier alpha value is -3.07. The zero-order valence-electron chi connectivity index (χ0n) is 11.8. The summed E-state index contributed by atoms with van der Waals surface area (Å²) in [6, 6.07) is 22.0. The number of carbonyl (C=O) groups excluding carboxylic acids is 1. The van der Waals surface area contributed by atoms with Gasteiger partial charge < -0.3 is 9.84 Å². The molecule has 3 aromatic carbocycles. The average molecular weight is 290 g/mol. The summed E-state index contributed by atoms with van der Waals surface area (Å²) in [5.74, 6) is 1.40. The van der Waals surface area contributed by atoms with E-state index in [1.807, 2.05) is 54.6 Å². The van der Waals surface area contributed by atoms with Crippen molar-refractivity contribution < 1.29 is 14.6 Å². The fourth-order valence-corrected chi connectivity index (χ4v) is 2.23. The van der Waals surface area contributed by atoms with Crippen molar-refractivity contribution in [3.05, 3.63) is 78.4 Å². The molecular weight excluding hydrogens is 276 g/mol. The largest absolute Gasteiger partial charge is 0.507 e. The number of aromatic hydroxyl groups is 1. The first kappa shape index (κ1) is 13.9. The molecule has 0 spiro atoms. The summed E-state index contributed by atoms with van der Waals surface area (Å²) in [6.07, 6.45) is 0.638. The number of hydrogen-bond donors (Lipinski definition) is 1. The Kier molecular flexibility index (Phi) is 3.88. The monoisotopic (exact) mass is 290 g/mol. The Balaban J connectivity index is 2.03. The molecule has 0 radical (unpaired) electrons. The fourth-order valence-electron chi connectivity index (χ4n) is 2.23. The Morgan fingerprint density at radius 3 is 2.36 bits per heavy atom. The average Bonchev–Trinajstić information content (AvgIpc) is 2.57. The molecule has 0 unspecified atom stereocenters. The molecule has 0 bridgehead atoms. The highest BCUT2D eigenvalue weighted by Gasteiger charge is 2.09. The molecule has 0 saturated heterocycles. The second-order valence-electron chi connectivity index (χ2n) is 4.80. The van der Waals surface area contributed by atoms with Crippen molar-refractivity contribution >= 4 is 6.29 Å². The van der Waals surface area contributed by atoms with Crippen LogP contribution in [-0.4, -0.2) is 11.4 Å². The van der Waals surface area contributed by atoms with Gasteiger partial charge >= 0.3 is 0 Å². The summed E-state index contributed by atoms with van der Waals surface area (Å²) in [6.45, 7) is 0. The van der Waals surface area contributed by atoms with Crippen LogP contribution in [0.1, 0.15) is 10.4 Å². The van der Waals surface area contributed by atoms with Crippen LogP contribution in [0.4, 0.5) is 0 Å². The van der Waals surface area contributed by atoms with Gasteiger partial charge in [-0.05, 0) is 35.9 Å². The SMILES string of the molecule is O=Cc1cc(-c2ccccc2Oc2ccccc2)ccc1O. The van der Waals surface area contributed by atoms with Gasteiger partial charge in [0.1, 0.15) is 17.2 Å². The topological polar surface area (TPSA) is 46.5 Å². The number of phenolic OH excluding ortho intramolecular Hbond substituents is 1. The highest BCUT2D eigenvalue weighted by atomic mass is 16.5. The normalized spacial score (nSPS) is 10.2. The lowest BCUT2D eigenvalue weighted by Crippen LogP contribution is -1.89. The smallest absolute Gasteiger partial charge is 0.153 e. The molecule has 0 saturated carbocycles. The minimum Gasteiger partial charge on any atom is -0.507 e. The van der Waals surface area contributed by atoms with Crippen LogP contribution in [0.3, 0.4) is 0 Å². The van der Waals surface area contributed by atoms with Crippen molar-refractivity contribution in [1.29, 1.82) is 0 Å². The fraction of sp³-hybridized carbons (Fsp3) is 0. The molecule has 0 atom stereocenters. The minimum absolute atomic E-state index is 0.0276. The third-order valence-corrected chi connectivity index (χ3v) is 3.32. The quantitative estimate of drug-likeness (QED) is 0.711. The molecule has 108 valence electrons. The molecule has 0 heterocycles. The van der Waals surface area contributed by atoms with Crippen LogP contribution >= 0.6 is 0 Å². The molecule has 22 heavy (non-hydrogen) atoms. The first-order chi connectivity index (χ1) is 10.8. The van der Waals surface area contributed by atoms with Crippen LogP contribution in [0.2, 0.25) is 0 Å². The van der Waals surface area contributed by atoms with Crippen molar-refractivity contribution in [3.63, 3.8) is 0 Å². The van der Waals surface area contributed by atoms with Gasteiger partial charge in [-0.15, -0.1) is 0 Å². The lowest BCUT2D eigenvalue weighted by Gasteiger charge is -2.12. The number of benzene rings is 3. The Morgan fingerprint density at radius 1 is 0.864 bits per heavy atom. The van der Waals surface area contributed by atoms with Gasteiger partial charge in [0.25, 0.3) is 0 Å². The lowest BCUT2D eigenvalue weighted by atomic mass is 10.0. The molecular formula is C19H14O3. The summed E-state index contributed by atoms with van der Waals surface area (Å²) in [5.41, 5.74) is 1.92. The highest BCUT2D eigenvalue weighted by Crippen LogP contribution is 2.34. The first-order valence-corrected chi connectivity index (χ1v) is 6.88. The number of carbonyl (C=O) groups is 1. The Labute approximate surface area is 128 Å². The van der Waals surface area contributed by atoms with Crippen LogP contribution in [0.15, 0.2) is 72.8 Å². The van der Waals surface area contributed by atoms with Gasteiger partial charge in [0.2, 0.25) is 0 Å². The second kappa shape index (κ2) is 6.14. The molecule has 3 nitrogen and oxygen atoms in total. The number of rotatable bonds is 4. The molecule has 0 aliphatic carbocycles. The molecule has 0 aliphatic rings. The van der Waals surface area contributed by atoms with Crippen molar-refractivity contribution in [2.24, 2.45) is 0 Å². The Bertz CT molecular complexity index is 795. The highest BCUT2D eigenvalue weighted by molar-refractivity contribution is 5.83. The van der Waals surface area contributed by atoms with Crippen LogP contribution in [0.25, 0.3) is 11.1 Å². The maximum Gasteiger partial charge on any atom is 0.153 e. The van der Waals surface area contributed by atoms with E-state index in [9.17, 15) is 9.90 Å². The molecule has 3 aromatic rings. The zero-order valence-corrected chi connectivity index (χ0v) is 11.8. The minimum atomic E-state index is -0.0276. The van der Waals surface area contributed by atoms with E-state index in [1.54, 1.807) is 12.1 Å². The maximum absolute atomic E-state index is 11.0. The second-order valence-corrected chi connectivity index (χ2v) is 4.80. The van der Waals surface area contributed by atoms with E-state index in [0.29, 0.717) is 12.0 Å². The first-order valence-electron chi connectivity index (χ1n) is 6.88. The molecule has 0 aliphatic heterocycles. The molecule has 0 aromatic heterocycles. The number of para-hydroxylation sites is 2. The standard InChI is InChI=1S/C19H14O3/c20-13-15-12-14(10-11-18(15)21)17-8-4-5-9-19(17)22-16-6-2-1-3-7-16/h1-13,21H. The van der Waals surface area contributed by atoms with Gasteiger partial charge in [0.15, 0.2) is 6.29 Å². The zero-order chi connectivity index (χ0) is 15.4. The van der Waals surface area contributed by atoms with Crippen LogP contribution in [0, 0.1) is 0 Å². The number of ether oxygens (including phenoxy) is 1. The predicted molar refractivity (Wildman–Crippen MR) is 85.4 cm³/mol. The van der Waals surface area contributed by atoms with E-state index in [2.05, 4.69) is 0 Å². The van der Waals surface area contributed by atoms with E-state index in [0.717, 1.165) is 16.9 Å². The van der Waals surface area contributed by atoms with Crippen molar-refractivity contribution in [3.8, 4) is 28.4 Å². The number of phenols is 1. The van der Waals surface area contributed by atoms with E-state index in [-0.39, 0.29) is 11.3 Å². The summed E-state index contributed by atoms with van der Waals surface area (Å²) in [4.78, 5) is 11.0. The summed E-state index contributed by atoms with van der Waals surface area (Å²) in [7, 11) is 0. The van der Waals surface area contributed by atoms with Gasteiger partial charge in [-0.2, -0.15) is 0 Å². The third kappa shape index (κ3) is 2.83. The predicted octanol–water partition coefficient (Wildman–Crippen LogP) is 4.66. The van der Waals surface area contributed by atoms with Gasteiger partial charge in [0, 0.05) is 5.56 Å². The van der Waals surface area contributed by atoms with Crippen LogP contribution < -0.4 is 4.74 Å². The summed E-state index contributed by atoms with van der Waals surface area (Å²) >= 11 is 0. The van der Waals surface area contributed by atoms with Crippen molar-refractivity contribution in [2.75, 3.05) is 0 Å². The van der Waals surface area contributed by atoms with Gasteiger partial charge in [0.05, 0.1) is 5.56 Å². The molecule has 1 N–H and O–H groups in total. The molecule has 0 fully saturated rings. The van der Waals surface area contributed by atoms with E-state index >= 15 is 0 Å². The molecule has 3 heteroatoms. The van der Waals surface area contributed by atoms with Crippen molar-refractivity contribution in [2.45, 2.75) is 0 Å². The Morgan fingerprint density at radius 2 is 1.59 bits per heavy atom. The summed E-state index contributed by atoms with van der Waals surface area (Å²) in [5, 5.41) is 9.62. The van der Waals surface area contributed by atoms with Crippen LogP contribution in [-0.2, 0) is 0 Å². The van der Waals surface area contributed by atoms with E-state index < -0.39 is 0 Å². The van der Waals surface area contributed by atoms with Crippen LogP contribution in [0.5, 0.6) is 17.2 Å².